The number of rotatable bonds is 1. The highest BCUT2D eigenvalue weighted by atomic mass is 16.5. The summed E-state index contributed by atoms with van der Waals surface area (Å²) in [4.78, 5) is 6.78. The Morgan fingerprint density at radius 2 is 2.13 bits per heavy atom. The molecule has 0 spiro atoms. The molecule has 0 aromatic heterocycles. The first-order valence-corrected chi connectivity index (χ1v) is 5.95. The van der Waals surface area contributed by atoms with Crippen LogP contribution < -0.4 is 5.73 Å². The molecular weight excluding hydrogens is 190 g/mol. The Morgan fingerprint density at radius 3 is 2.80 bits per heavy atom. The third-order valence-electron chi connectivity index (χ3n) is 3.30. The van der Waals surface area contributed by atoms with Crippen LogP contribution in [-0.2, 0) is 4.74 Å². The Bertz CT molecular complexity index is 236. The molecule has 1 saturated carbocycles. The fourth-order valence-corrected chi connectivity index (χ4v) is 2.36. The smallest absolute Gasteiger partial charge is 0.191 e. The SMILES string of the molecule is CC1COCCN1C(N)=NC1CCCC1. The second-order valence-electron chi connectivity index (χ2n) is 4.54. The van der Waals surface area contributed by atoms with Crippen molar-refractivity contribution >= 4 is 5.96 Å². The highest BCUT2D eigenvalue weighted by Crippen LogP contribution is 2.21. The van der Waals surface area contributed by atoms with Gasteiger partial charge in [0.05, 0.1) is 25.3 Å². The molecule has 1 aliphatic heterocycles. The number of hydrogen-bond acceptors (Lipinski definition) is 2. The molecule has 2 rings (SSSR count). The molecule has 2 N–H and O–H groups in total. The molecular formula is C11H21N3O. The summed E-state index contributed by atoms with van der Waals surface area (Å²) < 4.78 is 5.38. The number of hydrogen-bond donors (Lipinski definition) is 1. The Balaban J connectivity index is 1.95. The highest BCUT2D eigenvalue weighted by Gasteiger charge is 2.22. The van der Waals surface area contributed by atoms with Crippen molar-refractivity contribution in [3.8, 4) is 0 Å². The van der Waals surface area contributed by atoms with Gasteiger partial charge in [-0.2, -0.15) is 0 Å². The summed E-state index contributed by atoms with van der Waals surface area (Å²) in [5, 5.41) is 0. The number of morpholine rings is 1. The first-order valence-electron chi connectivity index (χ1n) is 5.95. The Morgan fingerprint density at radius 1 is 1.40 bits per heavy atom. The summed E-state index contributed by atoms with van der Waals surface area (Å²) in [6.07, 6.45) is 5.03. The van der Waals surface area contributed by atoms with Crippen LogP contribution in [0.3, 0.4) is 0 Å². The van der Waals surface area contributed by atoms with Crippen LogP contribution in [0.2, 0.25) is 0 Å². The van der Waals surface area contributed by atoms with E-state index in [1.165, 1.54) is 25.7 Å². The molecule has 1 saturated heterocycles. The van der Waals surface area contributed by atoms with E-state index in [1.54, 1.807) is 0 Å². The Kier molecular flexibility index (Phi) is 3.46. The maximum Gasteiger partial charge on any atom is 0.191 e. The van der Waals surface area contributed by atoms with Gasteiger partial charge < -0.3 is 15.4 Å². The monoisotopic (exact) mass is 211 g/mol. The van der Waals surface area contributed by atoms with E-state index in [1.807, 2.05) is 0 Å². The quantitative estimate of drug-likeness (QED) is 0.519. The summed E-state index contributed by atoms with van der Waals surface area (Å²) in [6, 6.07) is 0.837. The van der Waals surface area contributed by atoms with E-state index < -0.39 is 0 Å². The van der Waals surface area contributed by atoms with E-state index in [0.29, 0.717) is 12.1 Å². The van der Waals surface area contributed by atoms with Gasteiger partial charge in [0.1, 0.15) is 0 Å². The first kappa shape index (κ1) is 10.7. The van der Waals surface area contributed by atoms with Crippen LogP contribution in [0.25, 0.3) is 0 Å². The summed E-state index contributed by atoms with van der Waals surface area (Å²) >= 11 is 0. The number of nitrogens with zero attached hydrogens (tertiary/aromatic N) is 2. The predicted molar refractivity (Wildman–Crippen MR) is 60.9 cm³/mol. The molecule has 0 radical (unpaired) electrons. The van der Waals surface area contributed by atoms with Crippen LogP contribution in [-0.4, -0.2) is 42.7 Å². The molecule has 86 valence electrons. The van der Waals surface area contributed by atoms with E-state index >= 15 is 0 Å². The molecule has 1 unspecified atom stereocenters. The molecule has 0 aromatic rings. The summed E-state index contributed by atoms with van der Waals surface area (Å²) in [5.74, 6) is 0.720. The van der Waals surface area contributed by atoms with Crippen LogP contribution in [0.4, 0.5) is 0 Å². The van der Waals surface area contributed by atoms with Gasteiger partial charge in [-0.3, -0.25) is 0 Å². The van der Waals surface area contributed by atoms with Gasteiger partial charge in [-0.05, 0) is 19.8 Å². The topological polar surface area (TPSA) is 50.9 Å². The molecule has 4 nitrogen and oxygen atoms in total. The van der Waals surface area contributed by atoms with Gasteiger partial charge in [-0.25, -0.2) is 4.99 Å². The van der Waals surface area contributed by atoms with Crippen molar-refractivity contribution in [2.24, 2.45) is 10.7 Å². The predicted octanol–water partition coefficient (Wildman–Crippen LogP) is 0.964. The molecule has 0 amide bonds. The van der Waals surface area contributed by atoms with Crippen LogP contribution in [0.5, 0.6) is 0 Å². The summed E-state index contributed by atoms with van der Waals surface area (Å²) in [6.45, 7) is 4.55. The number of guanidine groups is 1. The zero-order valence-electron chi connectivity index (χ0n) is 9.48. The molecule has 15 heavy (non-hydrogen) atoms. The number of nitrogens with two attached hydrogens (primary N) is 1. The van der Waals surface area contributed by atoms with E-state index in [0.717, 1.165) is 25.7 Å². The lowest BCUT2D eigenvalue weighted by molar-refractivity contribution is 0.0324. The fourth-order valence-electron chi connectivity index (χ4n) is 2.36. The lowest BCUT2D eigenvalue weighted by Gasteiger charge is -2.34. The first-order chi connectivity index (χ1) is 7.27. The Hall–Kier alpha value is -0.770. The number of aliphatic imine (C=N–C) groups is 1. The lowest BCUT2D eigenvalue weighted by atomic mass is 10.2. The minimum atomic E-state index is 0.365. The third kappa shape index (κ3) is 2.62. The van der Waals surface area contributed by atoms with Crippen molar-refractivity contribution in [3.05, 3.63) is 0 Å². The minimum absolute atomic E-state index is 0.365. The average Bonchev–Trinajstić information content (AvgIpc) is 2.71. The second kappa shape index (κ2) is 4.84. The van der Waals surface area contributed by atoms with E-state index in [-0.39, 0.29) is 0 Å². The van der Waals surface area contributed by atoms with Crippen molar-refractivity contribution in [1.82, 2.24) is 4.90 Å². The number of ether oxygens (including phenoxy) is 1. The van der Waals surface area contributed by atoms with Gasteiger partial charge >= 0.3 is 0 Å². The maximum absolute atomic E-state index is 6.04. The van der Waals surface area contributed by atoms with Gasteiger partial charge in [0.25, 0.3) is 0 Å². The molecule has 2 fully saturated rings. The zero-order chi connectivity index (χ0) is 10.7. The highest BCUT2D eigenvalue weighted by molar-refractivity contribution is 5.78. The van der Waals surface area contributed by atoms with Crippen LogP contribution in [0, 0.1) is 0 Å². The lowest BCUT2D eigenvalue weighted by Crippen LogP contribution is -2.50. The van der Waals surface area contributed by atoms with Gasteiger partial charge in [0.15, 0.2) is 5.96 Å². The molecule has 0 aromatic carbocycles. The molecule has 1 atom stereocenters. The largest absolute Gasteiger partial charge is 0.377 e. The summed E-state index contributed by atoms with van der Waals surface area (Å²) in [5.41, 5.74) is 6.04. The minimum Gasteiger partial charge on any atom is -0.377 e. The average molecular weight is 211 g/mol. The van der Waals surface area contributed by atoms with E-state index in [2.05, 4.69) is 16.8 Å². The van der Waals surface area contributed by atoms with Crippen molar-refractivity contribution in [3.63, 3.8) is 0 Å². The van der Waals surface area contributed by atoms with Gasteiger partial charge in [-0.1, -0.05) is 12.8 Å². The van der Waals surface area contributed by atoms with Gasteiger partial charge in [-0.15, -0.1) is 0 Å². The molecule has 4 heteroatoms. The van der Waals surface area contributed by atoms with Crippen molar-refractivity contribution in [2.75, 3.05) is 19.8 Å². The fraction of sp³-hybridized carbons (Fsp3) is 0.909. The summed E-state index contributed by atoms with van der Waals surface area (Å²) in [7, 11) is 0. The molecule has 0 bridgehead atoms. The molecule has 1 aliphatic carbocycles. The van der Waals surface area contributed by atoms with Gasteiger partial charge in [0, 0.05) is 6.54 Å². The second-order valence-corrected chi connectivity index (χ2v) is 4.54. The van der Waals surface area contributed by atoms with E-state index in [4.69, 9.17) is 10.5 Å². The normalized spacial score (nSPS) is 29.8. The third-order valence-corrected chi connectivity index (χ3v) is 3.30. The zero-order valence-corrected chi connectivity index (χ0v) is 9.48. The molecule has 1 heterocycles. The Labute approximate surface area is 91.5 Å². The maximum atomic E-state index is 6.04. The van der Waals surface area contributed by atoms with Crippen molar-refractivity contribution in [1.29, 1.82) is 0 Å². The van der Waals surface area contributed by atoms with Crippen LogP contribution in [0.15, 0.2) is 4.99 Å². The van der Waals surface area contributed by atoms with Crippen LogP contribution in [0.1, 0.15) is 32.6 Å². The van der Waals surface area contributed by atoms with E-state index in [9.17, 15) is 0 Å². The van der Waals surface area contributed by atoms with Crippen LogP contribution >= 0.6 is 0 Å². The van der Waals surface area contributed by atoms with Gasteiger partial charge in [0.2, 0.25) is 0 Å². The van der Waals surface area contributed by atoms with Crippen molar-refractivity contribution in [2.45, 2.75) is 44.7 Å². The van der Waals surface area contributed by atoms with Crippen molar-refractivity contribution < 1.29 is 4.74 Å². The molecule has 2 aliphatic rings. The standard InChI is InChI=1S/C11H21N3O/c1-9-8-15-7-6-14(9)11(12)13-10-4-2-3-5-10/h9-10H,2-8H2,1H3,(H2,12,13).